The number of hydrogen-bond donors (Lipinski definition) is 2. The highest BCUT2D eigenvalue weighted by Gasteiger charge is 2.15. The average molecular weight is 370 g/mol. The first-order valence-electron chi connectivity index (χ1n) is 6.13. The monoisotopic (exact) mass is 368 g/mol. The van der Waals surface area contributed by atoms with E-state index in [4.69, 9.17) is 22.1 Å². The Bertz CT molecular complexity index is 681. The molecule has 1 amide bonds. The lowest BCUT2D eigenvalue weighted by atomic mass is 10.1. The number of rotatable bonds is 3. The van der Waals surface area contributed by atoms with Crippen molar-refractivity contribution in [1.29, 1.82) is 0 Å². The van der Waals surface area contributed by atoms with E-state index in [1.807, 2.05) is 6.92 Å². The summed E-state index contributed by atoms with van der Waals surface area (Å²) < 4.78 is 5.99. The molecule has 6 heteroatoms. The number of methoxy groups -OCH3 is 1. The Labute approximate surface area is 136 Å². The van der Waals surface area contributed by atoms with Crippen LogP contribution in [-0.4, -0.2) is 13.0 Å². The summed E-state index contributed by atoms with van der Waals surface area (Å²) >= 11 is 9.48. The van der Waals surface area contributed by atoms with Gasteiger partial charge in [0, 0.05) is 10.2 Å². The topological polar surface area (TPSA) is 64.3 Å². The lowest BCUT2D eigenvalue weighted by molar-refractivity contribution is 0.102. The molecule has 0 heterocycles. The van der Waals surface area contributed by atoms with Crippen molar-refractivity contribution in [2.45, 2.75) is 6.92 Å². The summed E-state index contributed by atoms with van der Waals surface area (Å²) in [6, 6.07) is 8.56. The van der Waals surface area contributed by atoms with E-state index in [0.717, 1.165) is 10.0 Å². The molecule has 0 aliphatic heterocycles. The summed E-state index contributed by atoms with van der Waals surface area (Å²) in [6.07, 6.45) is 0. The largest absolute Gasteiger partial charge is 0.496 e. The second-order valence-corrected chi connectivity index (χ2v) is 5.82. The van der Waals surface area contributed by atoms with Gasteiger partial charge < -0.3 is 15.8 Å². The number of ether oxygens (including phenoxy) is 1. The lowest BCUT2D eigenvalue weighted by Gasteiger charge is -2.13. The van der Waals surface area contributed by atoms with Crippen LogP contribution in [0.5, 0.6) is 5.75 Å². The number of hydrogen-bond acceptors (Lipinski definition) is 3. The molecule has 21 heavy (non-hydrogen) atoms. The predicted octanol–water partition coefficient (Wildman–Crippen LogP) is 4.25. The SMILES string of the molecule is COc1ccc(Br)cc1C(=O)Nc1c(C)cc(N)cc1Cl. The van der Waals surface area contributed by atoms with Crippen molar-refractivity contribution in [2.75, 3.05) is 18.2 Å². The van der Waals surface area contributed by atoms with Gasteiger partial charge in [0.15, 0.2) is 0 Å². The van der Waals surface area contributed by atoms with Gasteiger partial charge in [-0.3, -0.25) is 4.79 Å². The highest BCUT2D eigenvalue weighted by molar-refractivity contribution is 9.10. The Morgan fingerprint density at radius 3 is 2.67 bits per heavy atom. The standard InChI is InChI=1S/C15H14BrClN2O2/c1-8-5-10(18)7-12(17)14(8)19-15(20)11-6-9(16)3-4-13(11)21-2/h3-7H,18H2,1-2H3,(H,19,20). The number of carbonyl (C=O) groups excluding carboxylic acids is 1. The van der Waals surface area contributed by atoms with Crippen molar-refractivity contribution in [3.8, 4) is 5.75 Å². The highest BCUT2D eigenvalue weighted by Crippen LogP contribution is 2.30. The summed E-state index contributed by atoms with van der Waals surface area (Å²) in [4.78, 5) is 12.4. The zero-order valence-corrected chi connectivity index (χ0v) is 13.9. The highest BCUT2D eigenvalue weighted by atomic mass is 79.9. The Kier molecular flexibility index (Phi) is 4.75. The molecule has 0 saturated carbocycles. The maximum atomic E-state index is 12.4. The van der Waals surface area contributed by atoms with Crippen LogP contribution in [0.15, 0.2) is 34.8 Å². The third-order valence-electron chi connectivity index (χ3n) is 2.95. The Hall–Kier alpha value is -1.72. The fraction of sp³-hybridized carbons (Fsp3) is 0.133. The van der Waals surface area contributed by atoms with E-state index in [1.165, 1.54) is 7.11 Å². The first kappa shape index (κ1) is 15.7. The Balaban J connectivity index is 2.37. The van der Waals surface area contributed by atoms with Crippen LogP contribution in [0.3, 0.4) is 0 Å². The molecule has 0 spiro atoms. The normalized spacial score (nSPS) is 10.3. The van der Waals surface area contributed by atoms with Crippen LogP contribution in [0.2, 0.25) is 5.02 Å². The van der Waals surface area contributed by atoms with E-state index in [9.17, 15) is 4.79 Å². The molecule has 0 atom stereocenters. The summed E-state index contributed by atoms with van der Waals surface area (Å²) in [5, 5.41) is 3.19. The Morgan fingerprint density at radius 2 is 2.05 bits per heavy atom. The first-order chi connectivity index (χ1) is 9.92. The fourth-order valence-electron chi connectivity index (χ4n) is 1.97. The van der Waals surface area contributed by atoms with Crippen LogP contribution in [-0.2, 0) is 0 Å². The van der Waals surface area contributed by atoms with Crippen molar-refractivity contribution in [3.63, 3.8) is 0 Å². The molecule has 0 aliphatic rings. The number of benzene rings is 2. The molecule has 0 unspecified atom stereocenters. The maximum Gasteiger partial charge on any atom is 0.259 e. The quantitative estimate of drug-likeness (QED) is 0.795. The number of aryl methyl sites for hydroxylation is 1. The van der Waals surface area contributed by atoms with Crippen molar-refractivity contribution in [3.05, 3.63) is 51.0 Å². The molecule has 4 nitrogen and oxygen atoms in total. The molecule has 0 fully saturated rings. The van der Waals surface area contributed by atoms with Crippen LogP contribution in [0.25, 0.3) is 0 Å². The summed E-state index contributed by atoms with van der Waals surface area (Å²) in [5.41, 5.74) is 8.01. The van der Waals surface area contributed by atoms with Crippen molar-refractivity contribution in [2.24, 2.45) is 0 Å². The first-order valence-corrected chi connectivity index (χ1v) is 7.30. The van der Waals surface area contributed by atoms with E-state index in [0.29, 0.717) is 27.7 Å². The van der Waals surface area contributed by atoms with Gasteiger partial charge in [-0.15, -0.1) is 0 Å². The number of amides is 1. The number of anilines is 2. The van der Waals surface area contributed by atoms with Crippen LogP contribution in [0.4, 0.5) is 11.4 Å². The van der Waals surface area contributed by atoms with Crippen LogP contribution < -0.4 is 15.8 Å². The third-order valence-corrected chi connectivity index (χ3v) is 3.75. The second kappa shape index (κ2) is 6.37. The molecular weight excluding hydrogens is 356 g/mol. The second-order valence-electron chi connectivity index (χ2n) is 4.49. The minimum atomic E-state index is -0.303. The van der Waals surface area contributed by atoms with Crippen LogP contribution in [0.1, 0.15) is 15.9 Å². The van der Waals surface area contributed by atoms with Gasteiger partial charge in [-0.2, -0.15) is 0 Å². The maximum absolute atomic E-state index is 12.4. The summed E-state index contributed by atoms with van der Waals surface area (Å²) in [7, 11) is 1.52. The zero-order valence-electron chi connectivity index (χ0n) is 11.5. The number of nitrogen functional groups attached to an aromatic ring is 1. The van der Waals surface area contributed by atoms with Gasteiger partial charge in [0.1, 0.15) is 5.75 Å². The minimum absolute atomic E-state index is 0.303. The van der Waals surface area contributed by atoms with Crippen molar-refractivity contribution >= 4 is 44.8 Å². The van der Waals surface area contributed by atoms with Crippen LogP contribution >= 0.6 is 27.5 Å². The van der Waals surface area contributed by atoms with E-state index in [-0.39, 0.29) is 5.91 Å². The molecule has 0 aromatic heterocycles. The molecule has 0 saturated heterocycles. The van der Waals surface area contributed by atoms with Gasteiger partial charge in [-0.25, -0.2) is 0 Å². The molecule has 2 rings (SSSR count). The predicted molar refractivity (Wildman–Crippen MR) is 89.2 cm³/mol. The Morgan fingerprint density at radius 1 is 1.33 bits per heavy atom. The minimum Gasteiger partial charge on any atom is -0.496 e. The average Bonchev–Trinajstić information content (AvgIpc) is 2.42. The van der Waals surface area contributed by atoms with Gasteiger partial charge in [0.25, 0.3) is 5.91 Å². The molecule has 2 aromatic rings. The van der Waals surface area contributed by atoms with Gasteiger partial charge >= 0.3 is 0 Å². The van der Waals surface area contributed by atoms with Gasteiger partial charge in [0.2, 0.25) is 0 Å². The number of carbonyl (C=O) groups is 1. The smallest absolute Gasteiger partial charge is 0.259 e. The molecular formula is C15H14BrClN2O2. The summed E-state index contributed by atoms with van der Waals surface area (Å²) in [6.45, 7) is 1.83. The van der Waals surface area contributed by atoms with Crippen LogP contribution in [0, 0.1) is 6.92 Å². The molecule has 2 aromatic carbocycles. The molecule has 0 bridgehead atoms. The fourth-order valence-corrected chi connectivity index (χ4v) is 2.65. The number of nitrogens with two attached hydrogens (primary N) is 1. The van der Waals surface area contributed by atoms with E-state index >= 15 is 0 Å². The van der Waals surface area contributed by atoms with Gasteiger partial charge in [-0.1, -0.05) is 27.5 Å². The molecule has 0 radical (unpaired) electrons. The van der Waals surface area contributed by atoms with E-state index in [2.05, 4.69) is 21.2 Å². The lowest BCUT2D eigenvalue weighted by Crippen LogP contribution is -2.14. The van der Waals surface area contributed by atoms with Gasteiger partial charge in [-0.05, 0) is 42.8 Å². The van der Waals surface area contributed by atoms with E-state index in [1.54, 1.807) is 30.3 Å². The van der Waals surface area contributed by atoms with Crippen molar-refractivity contribution in [1.82, 2.24) is 0 Å². The zero-order chi connectivity index (χ0) is 15.6. The van der Waals surface area contributed by atoms with E-state index < -0.39 is 0 Å². The third kappa shape index (κ3) is 3.49. The van der Waals surface area contributed by atoms with Crippen molar-refractivity contribution < 1.29 is 9.53 Å². The van der Waals surface area contributed by atoms with Gasteiger partial charge in [0.05, 0.1) is 23.4 Å². The molecule has 110 valence electrons. The number of halogens is 2. The molecule has 3 N–H and O–H groups in total. The summed E-state index contributed by atoms with van der Waals surface area (Å²) in [5.74, 6) is 0.183. The number of nitrogens with one attached hydrogen (secondary N) is 1. The molecule has 0 aliphatic carbocycles.